The van der Waals surface area contributed by atoms with E-state index in [0.29, 0.717) is 21.9 Å². The summed E-state index contributed by atoms with van der Waals surface area (Å²) in [6.45, 7) is 1.94. The Morgan fingerprint density at radius 1 is 1.38 bits per heavy atom. The van der Waals surface area contributed by atoms with Crippen LogP contribution in [0, 0.1) is 0 Å². The summed E-state index contributed by atoms with van der Waals surface area (Å²) in [5.74, 6) is 1.40. The van der Waals surface area contributed by atoms with E-state index < -0.39 is 0 Å². The highest BCUT2D eigenvalue weighted by atomic mass is 35.5. The molecular weight excluding hydrogens is 349 g/mol. The van der Waals surface area contributed by atoms with Crippen molar-refractivity contribution in [1.29, 1.82) is 0 Å². The Kier molecular flexibility index (Phi) is 5.38. The Hall–Kier alpha value is -1.63. The molecular formula is C16H19Cl2N5O. The summed E-state index contributed by atoms with van der Waals surface area (Å²) in [5, 5.41) is 11.6. The number of hydrogen-bond donors (Lipinski definition) is 2. The van der Waals surface area contributed by atoms with E-state index in [1.165, 1.54) is 0 Å². The standard InChI is InChI=1S/C16H19Cl2N5O/c1-23-16(21-15(22-23)10-4-6-19-7-5-10)20-14(24)8-11-2-3-12(17)9-13(11)18/h2-3,9-10,19H,4-8H2,1H3,(H,20,21,22,24). The number of hydrogen-bond acceptors (Lipinski definition) is 4. The van der Waals surface area contributed by atoms with Gasteiger partial charge in [-0.15, -0.1) is 0 Å². The first-order chi connectivity index (χ1) is 11.5. The molecule has 1 aromatic carbocycles. The molecule has 3 rings (SSSR count). The van der Waals surface area contributed by atoms with E-state index in [4.69, 9.17) is 23.2 Å². The Morgan fingerprint density at radius 2 is 2.12 bits per heavy atom. The third-order valence-electron chi connectivity index (χ3n) is 4.10. The van der Waals surface area contributed by atoms with Crippen LogP contribution in [0.15, 0.2) is 18.2 Å². The molecule has 2 aromatic rings. The molecule has 24 heavy (non-hydrogen) atoms. The third kappa shape index (κ3) is 4.06. The lowest BCUT2D eigenvalue weighted by atomic mass is 9.98. The molecule has 0 aliphatic carbocycles. The lowest BCUT2D eigenvalue weighted by Crippen LogP contribution is -2.27. The van der Waals surface area contributed by atoms with Crippen molar-refractivity contribution in [3.8, 4) is 0 Å². The third-order valence-corrected chi connectivity index (χ3v) is 4.69. The van der Waals surface area contributed by atoms with Crippen molar-refractivity contribution in [2.45, 2.75) is 25.2 Å². The van der Waals surface area contributed by atoms with Gasteiger partial charge in [0.05, 0.1) is 6.42 Å². The van der Waals surface area contributed by atoms with Crippen molar-refractivity contribution in [1.82, 2.24) is 20.1 Å². The van der Waals surface area contributed by atoms with Crippen LogP contribution < -0.4 is 10.6 Å². The fourth-order valence-electron chi connectivity index (χ4n) is 2.77. The number of carbonyl (C=O) groups is 1. The maximum absolute atomic E-state index is 12.3. The number of aryl methyl sites for hydroxylation is 1. The van der Waals surface area contributed by atoms with Crippen molar-refractivity contribution in [3.63, 3.8) is 0 Å². The summed E-state index contributed by atoms with van der Waals surface area (Å²) in [5.41, 5.74) is 0.722. The van der Waals surface area contributed by atoms with E-state index in [2.05, 4.69) is 20.7 Å². The van der Waals surface area contributed by atoms with E-state index in [1.54, 1.807) is 29.9 Å². The number of nitrogens with zero attached hydrogens (tertiary/aromatic N) is 3. The lowest BCUT2D eigenvalue weighted by Gasteiger charge is -2.19. The van der Waals surface area contributed by atoms with Gasteiger partial charge in [0, 0.05) is 23.0 Å². The second-order valence-corrected chi connectivity index (χ2v) is 6.75. The molecule has 1 aliphatic heterocycles. The summed E-state index contributed by atoms with van der Waals surface area (Å²) >= 11 is 12.0. The van der Waals surface area contributed by atoms with Gasteiger partial charge < -0.3 is 5.32 Å². The van der Waals surface area contributed by atoms with Crippen LogP contribution in [0.5, 0.6) is 0 Å². The van der Waals surface area contributed by atoms with E-state index in [0.717, 1.165) is 37.3 Å². The molecule has 1 saturated heterocycles. The zero-order valence-electron chi connectivity index (χ0n) is 13.4. The molecule has 1 aromatic heterocycles. The fourth-order valence-corrected chi connectivity index (χ4v) is 3.25. The largest absolute Gasteiger partial charge is 0.317 e. The van der Waals surface area contributed by atoms with Crippen molar-refractivity contribution >= 4 is 35.1 Å². The minimum absolute atomic E-state index is 0.158. The Labute approximate surface area is 150 Å². The molecule has 2 heterocycles. The highest BCUT2D eigenvalue weighted by molar-refractivity contribution is 6.35. The lowest BCUT2D eigenvalue weighted by molar-refractivity contribution is -0.115. The van der Waals surface area contributed by atoms with Crippen molar-refractivity contribution in [2.24, 2.45) is 7.05 Å². The number of carbonyl (C=O) groups excluding carboxylic acids is 1. The summed E-state index contributed by atoms with van der Waals surface area (Å²) < 4.78 is 1.61. The van der Waals surface area contributed by atoms with Gasteiger partial charge in [0.2, 0.25) is 11.9 Å². The van der Waals surface area contributed by atoms with Crippen LogP contribution in [-0.2, 0) is 18.3 Å². The minimum Gasteiger partial charge on any atom is -0.317 e. The molecule has 1 amide bonds. The van der Waals surface area contributed by atoms with Gasteiger partial charge in [-0.25, -0.2) is 4.68 Å². The molecule has 128 valence electrons. The van der Waals surface area contributed by atoms with Crippen molar-refractivity contribution in [3.05, 3.63) is 39.6 Å². The molecule has 0 spiro atoms. The second-order valence-electron chi connectivity index (χ2n) is 5.90. The number of anilines is 1. The highest BCUT2D eigenvalue weighted by Gasteiger charge is 2.21. The number of benzene rings is 1. The zero-order valence-corrected chi connectivity index (χ0v) is 14.9. The smallest absolute Gasteiger partial charge is 0.231 e. The van der Waals surface area contributed by atoms with Gasteiger partial charge in [-0.2, -0.15) is 10.1 Å². The SMILES string of the molecule is Cn1nc(C2CCNCC2)nc1NC(=O)Cc1ccc(Cl)cc1Cl. The van der Waals surface area contributed by atoms with Gasteiger partial charge in [0.25, 0.3) is 0 Å². The minimum atomic E-state index is -0.188. The molecule has 0 radical (unpaired) electrons. The number of piperidine rings is 1. The molecule has 0 saturated carbocycles. The molecule has 0 atom stereocenters. The zero-order chi connectivity index (χ0) is 17.1. The molecule has 2 N–H and O–H groups in total. The summed E-state index contributed by atoms with van der Waals surface area (Å²) in [6, 6.07) is 5.10. The van der Waals surface area contributed by atoms with E-state index in [9.17, 15) is 4.79 Å². The molecule has 1 fully saturated rings. The van der Waals surface area contributed by atoms with Crippen LogP contribution >= 0.6 is 23.2 Å². The number of aromatic nitrogens is 3. The van der Waals surface area contributed by atoms with E-state index >= 15 is 0 Å². The Morgan fingerprint density at radius 3 is 2.83 bits per heavy atom. The normalized spacial score (nSPS) is 15.5. The highest BCUT2D eigenvalue weighted by Crippen LogP contribution is 2.24. The first kappa shape index (κ1) is 17.2. The predicted molar refractivity (Wildman–Crippen MR) is 94.6 cm³/mol. The predicted octanol–water partition coefficient (Wildman–Crippen LogP) is 2.77. The quantitative estimate of drug-likeness (QED) is 0.871. The Bertz CT molecular complexity index is 740. The molecule has 1 aliphatic rings. The van der Waals surface area contributed by atoms with E-state index in [-0.39, 0.29) is 12.3 Å². The van der Waals surface area contributed by atoms with Crippen LogP contribution in [0.1, 0.15) is 30.1 Å². The average Bonchev–Trinajstić information content (AvgIpc) is 2.92. The number of nitrogens with one attached hydrogen (secondary N) is 2. The van der Waals surface area contributed by atoms with Gasteiger partial charge in [0.15, 0.2) is 5.82 Å². The van der Waals surface area contributed by atoms with Gasteiger partial charge in [-0.1, -0.05) is 29.3 Å². The molecule has 8 heteroatoms. The number of halogens is 2. The van der Waals surface area contributed by atoms with Crippen LogP contribution in [0.2, 0.25) is 10.0 Å². The monoisotopic (exact) mass is 367 g/mol. The van der Waals surface area contributed by atoms with Gasteiger partial charge >= 0.3 is 0 Å². The summed E-state index contributed by atoms with van der Waals surface area (Å²) in [6.07, 6.45) is 2.18. The summed E-state index contributed by atoms with van der Waals surface area (Å²) in [4.78, 5) is 16.8. The maximum Gasteiger partial charge on any atom is 0.231 e. The van der Waals surface area contributed by atoms with E-state index in [1.807, 2.05) is 0 Å². The average molecular weight is 368 g/mol. The first-order valence-electron chi connectivity index (χ1n) is 7.88. The van der Waals surface area contributed by atoms with Crippen LogP contribution in [-0.4, -0.2) is 33.8 Å². The molecule has 6 nitrogen and oxygen atoms in total. The van der Waals surface area contributed by atoms with Crippen LogP contribution in [0.3, 0.4) is 0 Å². The first-order valence-corrected chi connectivity index (χ1v) is 8.64. The molecule has 0 unspecified atom stereocenters. The summed E-state index contributed by atoms with van der Waals surface area (Å²) in [7, 11) is 1.78. The van der Waals surface area contributed by atoms with Gasteiger partial charge in [-0.3, -0.25) is 10.1 Å². The fraction of sp³-hybridized carbons (Fsp3) is 0.438. The van der Waals surface area contributed by atoms with Crippen LogP contribution in [0.25, 0.3) is 0 Å². The van der Waals surface area contributed by atoms with Crippen LogP contribution in [0.4, 0.5) is 5.95 Å². The number of rotatable bonds is 4. The number of amides is 1. The molecule has 0 bridgehead atoms. The van der Waals surface area contributed by atoms with Gasteiger partial charge in [0.1, 0.15) is 0 Å². The van der Waals surface area contributed by atoms with Gasteiger partial charge in [-0.05, 0) is 43.6 Å². The second kappa shape index (κ2) is 7.51. The van der Waals surface area contributed by atoms with Crippen molar-refractivity contribution in [2.75, 3.05) is 18.4 Å². The van der Waals surface area contributed by atoms with Crippen molar-refractivity contribution < 1.29 is 4.79 Å². The maximum atomic E-state index is 12.3. The topological polar surface area (TPSA) is 71.8 Å². The Balaban J connectivity index is 1.66.